The Balaban J connectivity index is 0.921. The minimum atomic E-state index is 0.896. The molecule has 350 valence electrons. The third-order valence-corrected chi connectivity index (χ3v) is 19.2. The van der Waals surface area contributed by atoms with Crippen molar-refractivity contribution in [3.8, 4) is 44.8 Å². The van der Waals surface area contributed by atoms with Gasteiger partial charge in [0.1, 0.15) is 22.3 Å². The lowest BCUT2D eigenvalue weighted by molar-refractivity contribution is 0.673. The molecule has 0 fully saturated rings. The quantitative estimate of drug-likeness (QED) is 0.177. The maximum Gasteiger partial charge on any atom is 0.145 e. The topological polar surface area (TPSA) is 36.1 Å². The summed E-state index contributed by atoms with van der Waals surface area (Å²) in [4.78, 5) is 0. The van der Waals surface area contributed by atoms with Gasteiger partial charge in [-0.25, -0.2) is 0 Å². The number of nitrogens with zero attached hydrogens (tertiary/aromatic N) is 2. The van der Waals surface area contributed by atoms with E-state index in [1.807, 2.05) is 22.7 Å². The summed E-state index contributed by atoms with van der Waals surface area (Å²) >= 11 is 3.73. The molecule has 1 aliphatic carbocycles. The molecule has 0 unspecified atom stereocenters. The maximum absolute atomic E-state index is 7.15. The molecule has 6 heterocycles. The van der Waals surface area contributed by atoms with E-state index in [1.54, 1.807) is 0 Å². The fraction of sp³-hybridized carbons (Fsp3) is 0. The van der Waals surface area contributed by atoms with Gasteiger partial charge < -0.3 is 18.0 Å². The van der Waals surface area contributed by atoms with Crippen LogP contribution in [0.2, 0.25) is 0 Å². The standard InChI is InChI=1S/C70H36N2O2S2/c1-2-15-39(16-3-1)71-53-36-38(29-31-46(53)60-62-48-21-8-11-26-54(48)73-67(62)63-49-22-9-13-28-56(49)75-69(63)65(60)71)37-30-34-57-50(35-37)64-68-61(47-20-7-12-27-55(47)74-68)59-45-19-6-10-25-51(45)72(66(59)70(64)76-57)52-33-32-43-41-18-5-4-17-40(41)42-23-14-24-44(52)58(42)43/h1-36H. The summed E-state index contributed by atoms with van der Waals surface area (Å²) in [5.41, 5.74) is 18.3. The number of thiophene rings is 2. The van der Waals surface area contributed by atoms with Gasteiger partial charge in [-0.05, 0) is 99.4 Å². The average molecular weight is 1000 g/mol. The van der Waals surface area contributed by atoms with E-state index in [0.717, 1.165) is 66.2 Å². The van der Waals surface area contributed by atoms with Crippen molar-refractivity contribution in [1.82, 2.24) is 9.13 Å². The maximum atomic E-state index is 7.15. The summed E-state index contributed by atoms with van der Waals surface area (Å²) in [5.74, 6) is 0. The number of para-hydroxylation sites is 4. The van der Waals surface area contributed by atoms with Crippen molar-refractivity contribution in [1.29, 1.82) is 0 Å². The second-order valence-electron chi connectivity index (χ2n) is 20.5. The van der Waals surface area contributed by atoms with Gasteiger partial charge in [-0.2, -0.15) is 0 Å². The summed E-state index contributed by atoms with van der Waals surface area (Å²) in [5, 5.41) is 16.8. The van der Waals surface area contributed by atoms with Gasteiger partial charge in [-0.15, -0.1) is 22.7 Å². The largest absolute Gasteiger partial charge is 0.455 e. The van der Waals surface area contributed by atoms with Crippen LogP contribution in [0.5, 0.6) is 0 Å². The molecule has 6 heteroatoms. The Kier molecular flexibility index (Phi) is 7.48. The van der Waals surface area contributed by atoms with Gasteiger partial charge in [0.15, 0.2) is 0 Å². The minimum Gasteiger partial charge on any atom is -0.455 e. The number of fused-ring (bicyclic) bond motifs is 27. The van der Waals surface area contributed by atoms with E-state index in [4.69, 9.17) is 8.83 Å². The highest BCUT2D eigenvalue weighted by molar-refractivity contribution is 7.27. The molecular formula is C70H36N2O2S2. The molecule has 1 aliphatic rings. The summed E-state index contributed by atoms with van der Waals surface area (Å²) in [6, 6.07) is 80.4. The third kappa shape index (κ3) is 4.90. The summed E-state index contributed by atoms with van der Waals surface area (Å²) in [6.45, 7) is 0. The van der Waals surface area contributed by atoms with Crippen molar-refractivity contribution in [3.05, 3.63) is 218 Å². The smallest absolute Gasteiger partial charge is 0.145 e. The molecule has 0 saturated carbocycles. The van der Waals surface area contributed by atoms with Crippen LogP contribution in [-0.2, 0) is 0 Å². The first-order valence-corrected chi connectivity index (χ1v) is 27.5. The third-order valence-electron chi connectivity index (χ3n) is 16.8. The molecule has 12 aromatic carbocycles. The van der Waals surface area contributed by atoms with Gasteiger partial charge in [0.25, 0.3) is 0 Å². The Morgan fingerprint density at radius 2 is 0.842 bits per heavy atom. The van der Waals surface area contributed by atoms with Gasteiger partial charge in [0.05, 0.1) is 37.2 Å². The molecular weight excluding hydrogens is 965 g/mol. The van der Waals surface area contributed by atoms with Crippen LogP contribution in [0, 0.1) is 0 Å². The zero-order valence-electron chi connectivity index (χ0n) is 40.3. The van der Waals surface area contributed by atoms with Gasteiger partial charge in [0.2, 0.25) is 0 Å². The Morgan fingerprint density at radius 3 is 1.59 bits per heavy atom. The van der Waals surface area contributed by atoms with Crippen LogP contribution in [0.4, 0.5) is 0 Å². The Bertz CT molecular complexity index is 5630. The Morgan fingerprint density at radius 1 is 0.303 bits per heavy atom. The van der Waals surface area contributed by atoms with Crippen molar-refractivity contribution >= 4 is 161 Å². The average Bonchev–Trinajstić information content (AvgIpc) is 4.54. The first-order valence-electron chi connectivity index (χ1n) is 25.9. The van der Waals surface area contributed by atoms with E-state index in [2.05, 4.69) is 228 Å². The van der Waals surface area contributed by atoms with E-state index in [0.29, 0.717) is 0 Å². The summed E-state index contributed by atoms with van der Waals surface area (Å²) in [6.07, 6.45) is 0. The van der Waals surface area contributed by atoms with Crippen molar-refractivity contribution in [2.75, 3.05) is 0 Å². The lowest BCUT2D eigenvalue weighted by Gasteiger charge is -2.14. The highest BCUT2D eigenvalue weighted by Crippen LogP contribution is 2.55. The normalized spacial score (nSPS) is 12.7. The van der Waals surface area contributed by atoms with E-state index >= 15 is 0 Å². The van der Waals surface area contributed by atoms with Gasteiger partial charge >= 0.3 is 0 Å². The van der Waals surface area contributed by atoms with Gasteiger partial charge in [0, 0.05) is 85.1 Å². The molecule has 0 spiro atoms. The molecule has 0 N–H and O–H groups in total. The highest BCUT2D eigenvalue weighted by Gasteiger charge is 2.30. The molecule has 19 rings (SSSR count). The molecule has 18 aromatic rings. The SMILES string of the molecule is c1ccc(-n2c3cc(-c4ccc5sc6c(c5c4)c4oc5ccccc5c4c4c5ccccc5n(-c5ccc7c8c(cccc58)-c5ccccc5-7)c64)ccc3c3c4c5ccccc5oc4c4c5ccccc5sc4c32)cc1. The number of hydrogen-bond acceptors (Lipinski definition) is 4. The van der Waals surface area contributed by atoms with Crippen LogP contribution >= 0.6 is 22.7 Å². The van der Waals surface area contributed by atoms with E-state index in [-0.39, 0.29) is 0 Å². The fourth-order valence-corrected chi connectivity index (χ4v) is 16.2. The Hall–Kier alpha value is -9.46. The summed E-state index contributed by atoms with van der Waals surface area (Å²) in [7, 11) is 0. The number of rotatable bonds is 3. The molecule has 6 aromatic heterocycles. The predicted molar refractivity (Wildman–Crippen MR) is 323 cm³/mol. The number of benzene rings is 12. The second-order valence-corrected chi connectivity index (χ2v) is 22.6. The zero-order chi connectivity index (χ0) is 49.1. The van der Waals surface area contributed by atoms with Crippen LogP contribution in [0.1, 0.15) is 0 Å². The lowest BCUT2D eigenvalue weighted by Crippen LogP contribution is -1.96. The molecule has 0 amide bonds. The molecule has 0 aliphatic heterocycles. The van der Waals surface area contributed by atoms with Crippen molar-refractivity contribution in [2.45, 2.75) is 0 Å². The molecule has 76 heavy (non-hydrogen) atoms. The molecule has 0 saturated heterocycles. The van der Waals surface area contributed by atoms with Crippen molar-refractivity contribution < 1.29 is 8.83 Å². The lowest BCUT2D eigenvalue weighted by atomic mass is 9.98. The number of hydrogen-bond donors (Lipinski definition) is 0. The van der Waals surface area contributed by atoms with Crippen LogP contribution in [0.25, 0.3) is 183 Å². The van der Waals surface area contributed by atoms with E-state index in [1.165, 1.54) is 117 Å². The number of furan rings is 2. The fourth-order valence-electron chi connectivity index (χ4n) is 13.8. The van der Waals surface area contributed by atoms with Crippen molar-refractivity contribution in [2.24, 2.45) is 0 Å². The predicted octanol–water partition coefficient (Wildman–Crippen LogP) is 20.9. The molecule has 0 bridgehead atoms. The zero-order valence-corrected chi connectivity index (χ0v) is 41.9. The van der Waals surface area contributed by atoms with Crippen LogP contribution < -0.4 is 0 Å². The van der Waals surface area contributed by atoms with Crippen LogP contribution in [-0.4, -0.2) is 9.13 Å². The van der Waals surface area contributed by atoms with E-state index < -0.39 is 0 Å². The molecule has 4 nitrogen and oxygen atoms in total. The first kappa shape index (κ1) is 40.0. The second kappa shape index (κ2) is 14.2. The van der Waals surface area contributed by atoms with E-state index in [9.17, 15) is 0 Å². The van der Waals surface area contributed by atoms with Gasteiger partial charge in [-0.3, -0.25) is 0 Å². The van der Waals surface area contributed by atoms with Crippen molar-refractivity contribution in [3.63, 3.8) is 0 Å². The molecule has 0 atom stereocenters. The minimum absolute atomic E-state index is 0.896. The monoisotopic (exact) mass is 1000 g/mol. The molecule has 0 radical (unpaired) electrons. The van der Waals surface area contributed by atoms with Crippen LogP contribution in [0.3, 0.4) is 0 Å². The number of aromatic nitrogens is 2. The highest BCUT2D eigenvalue weighted by atomic mass is 32.1. The Labute approximate surface area is 439 Å². The van der Waals surface area contributed by atoms with Crippen LogP contribution in [0.15, 0.2) is 227 Å². The first-order chi connectivity index (χ1) is 37.7. The van der Waals surface area contributed by atoms with Gasteiger partial charge in [-0.1, -0.05) is 158 Å². The summed E-state index contributed by atoms with van der Waals surface area (Å²) < 4.78 is 24.1.